The van der Waals surface area contributed by atoms with Gasteiger partial charge in [-0.15, -0.1) is 11.3 Å². The summed E-state index contributed by atoms with van der Waals surface area (Å²) in [4.78, 5) is 4.22. The number of ether oxygens (including phenoxy) is 2. The van der Waals surface area contributed by atoms with Gasteiger partial charge in [-0.1, -0.05) is 12.7 Å². The van der Waals surface area contributed by atoms with Crippen molar-refractivity contribution >= 4 is 29.1 Å². The summed E-state index contributed by atoms with van der Waals surface area (Å²) in [6, 6.07) is 3.94. The normalized spacial score (nSPS) is 10.8. The van der Waals surface area contributed by atoms with E-state index in [9.17, 15) is 0 Å². The van der Waals surface area contributed by atoms with E-state index in [2.05, 4.69) is 11.6 Å². The van der Waals surface area contributed by atoms with Crippen molar-refractivity contribution in [3.63, 3.8) is 0 Å². The number of methoxy groups -OCH3 is 2. The quantitative estimate of drug-likeness (QED) is 0.818. The number of thiazole rings is 1. The Morgan fingerprint density at radius 3 is 2.30 bits per heavy atom. The van der Waals surface area contributed by atoms with Crippen molar-refractivity contribution in [2.24, 2.45) is 0 Å². The molecule has 0 radical (unpaired) electrons. The van der Waals surface area contributed by atoms with Gasteiger partial charge in [0.05, 0.1) is 31.0 Å². The van der Waals surface area contributed by atoms with Crippen LogP contribution in [0.4, 0.5) is 0 Å². The fraction of sp³-hybridized carbons (Fsp3) is 0.188. The van der Waals surface area contributed by atoms with Crippen LogP contribution in [0, 0.1) is 0 Å². The molecular weight excluding hydrogens is 270 g/mol. The van der Waals surface area contributed by atoms with E-state index in [0.29, 0.717) is 0 Å². The van der Waals surface area contributed by atoms with Crippen LogP contribution >= 0.6 is 11.3 Å². The third-order valence-corrected chi connectivity index (χ3v) is 3.46. The molecule has 0 N–H and O–H groups in total. The number of nitrogens with zero attached hydrogens (tertiary/aromatic N) is 1. The fourth-order valence-corrected chi connectivity index (χ4v) is 2.46. The highest BCUT2D eigenvalue weighted by Crippen LogP contribution is 2.35. The van der Waals surface area contributed by atoms with Gasteiger partial charge in [0.2, 0.25) is 0 Å². The largest absolute Gasteiger partial charge is 0.496 e. The Balaban J connectivity index is 2.43. The molecule has 1 aromatic heterocycles. The van der Waals surface area contributed by atoms with Crippen molar-refractivity contribution in [1.82, 2.24) is 4.98 Å². The molecule has 4 heteroatoms. The predicted molar refractivity (Wildman–Crippen MR) is 85.3 cm³/mol. The minimum absolute atomic E-state index is 0.759. The van der Waals surface area contributed by atoms with Gasteiger partial charge in [0.25, 0.3) is 0 Å². The number of hydrogen-bond donors (Lipinski definition) is 0. The number of benzene rings is 1. The Labute approximate surface area is 123 Å². The lowest BCUT2D eigenvalue weighted by atomic mass is 10.0. The van der Waals surface area contributed by atoms with Crippen LogP contribution < -0.4 is 9.47 Å². The summed E-state index contributed by atoms with van der Waals surface area (Å²) in [7, 11) is 3.30. The maximum Gasteiger partial charge on any atom is 0.130 e. The highest BCUT2D eigenvalue weighted by molar-refractivity contribution is 7.07. The molecule has 0 atom stereocenters. The van der Waals surface area contributed by atoms with Crippen LogP contribution in [0.1, 0.15) is 23.7 Å². The first-order valence-electron chi connectivity index (χ1n) is 6.14. The molecule has 0 aliphatic rings. The van der Waals surface area contributed by atoms with Gasteiger partial charge in [-0.2, -0.15) is 0 Å². The average Bonchev–Trinajstić information content (AvgIpc) is 2.96. The number of allylic oxidation sites excluding steroid dienone is 1. The molecule has 2 aromatic rings. The zero-order valence-corrected chi connectivity index (χ0v) is 12.7. The fourth-order valence-electron chi connectivity index (χ4n) is 1.93. The summed E-state index contributed by atoms with van der Waals surface area (Å²) in [6.07, 6.45) is 3.95. The molecule has 3 nitrogen and oxygen atoms in total. The van der Waals surface area contributed by atoms with E-state index in [1.165, 1.54) is 0 Å². The first-order chi connectivity index (χ1) is 9.65. The Bertz CT molecular complexity index is 605. The van der Waals surface area contributed by atoms with Crippen molar-refractivity contribution in [2.45, 2.75) is 6.92 Å². The molecule has 0 spiro atoms. The first kappa shape index (κ1) is 14.3. The van der Waals surface area contributed by atoms with Crippen LogP contribution in [0.2, 0.25) is 0 Å². The highest BCUT2D eigenvalue weighted by atomic mass is 32.1. The lowest BCUT2D eigenvalue weighted by Gasteiger charge is -2.14. The van der Waals surface area contributed by atoms with Crippen LogP contribution in [0.15, 0.2) is 29.6 Å². The van der Waals surface area contributed by atoms with Crippen LogP contribution in [0.25, 0.3) is 17.7 Å². The Kier molecular flexibility index (Phi) is 4.58. The zero-order valence-electron chi connectivity index (χ0n) is 11.8. The van der Waals surface area contributed by atoms with E-state index < -0.39 is 0 Å². The minimum atomic E-state index is 0.759. The van der Waals surface area contributed by atoms with Gasteiger partial charge in [0.15, 0.2) is 0 Å². The lowest BCUT2D eigenvalue weighted by Crippen LogP contribution is -1.95. The maximum atomic E-state index is 5.44. The Morgan fingerprint density at radius 1 is 1.20 bits per heavy atom. The molecule has 0 saturated heterocycles. The van der Waals surface area contributed by atoms with Gasteiger partial charge in [-0.05, 0) is 36.3 Å². The third kappa shape index (κ3) is 3.08. The molecule has 1 aromatic carbocycles. The molecule has 0 amide bonds. The van der Waals surface area contributed by atoms with E-state index in [1.807, 2.05) is 42.1 Å². The lowest BCUT2D eigenvalue weighted by molar-refractivity contribution is 0.392. The summed E-state index contributed by atoms with van der Waals surface area (Å²) in [6.45, 7) is 5.91. The topological polar surface area (TPSA) is 31.4 Å². The second-order valence-electron chi connectivity index (χ2n) is 4.33. The van der Waals surface area contributed by atoms with Crippen LogP contribution in [-0.4, -0.2) is 19.2 Å². The summed E-state index contributed by atoms with van der Waals surface area (Å²) >= 11 is 1.57. The molecule has 0 aliphatic carbocycles. The van der Waals surface area contributed by atoms with Gasteiger partial charge < -0.3 is 9.47 Å². The van der Waals surface area contributed by atoms with Crippen molar-refractivity contribution in [2.75, 3.05) is 14.2 Å². The zero-order chi connectivity index (χ0) is 14.5. The number of hydrogen-bond acceptors (Lipinski definition) is 4. The van der Waals surface area contributed by atoms with E-state index in [4.69, 9.17) is 9.47 Å². The molecular formula is C16H17NO2S. The van der Waals surface area contributed by atoms with E-state index in [-0.39, 0.29) is 0 Å². The van der Waals surface area contributed by atoms with Gasteiger partial charge in [0.1, 0.15) is 11.5 Å². The predicted octanol–water partition coefficient (Wildman–Crippen LogP) is 4.36. The Hall–Kier alpha value is -2.07. The average molecular weight is 287 g/mol. The van der Waals surface area contributed by atoms with Crippen LogP contribution in [-0.2, 0) is 0 Å². The van der Waals surface area contributed by atoms with Gasteiger partial charge in [-0.3, -0.25) is 0 Å². The second kappa shape index (κ2) is 6.39. The molecule has 2 rings (SSSR count). The van der Waals surface area contributed by atoms with E-state index in [0.717, 1.165) is 33.9 Å². The maximum absolute atomic E-state index is 5.44. The van der Waals surface area contributed by atoms with Crippen molar-refractivity contribution < 1.29 is 9.47 Å². The van der Waals surface area contributed by atoms with Gasteiger partial charge in [0, 0.05) is 5.38 Å². The van der Waals surface area contributed by atoms with Crippen molar-refractivity contribution in [1.29, 1.82) is 0 Å². The standard InChI is InChI=1S/C16H17NO2S/c1-11(2)16-14(18-3)7-12(8-15(16)19-4)5-6-13-9-20-10-17-13/h5-10H,1H2,2-4H3/b6-5+. The smallest absolute Gasteiger partial charge is 0.130 e. The summed E-state index contributed by atoms with van der Waals surface area (Å²) in [5, 5.41) is 1.99. The molecule has 0 bridgehead atoms. The number of aromatic nitrogens is 1. The van der Waals surface area contributed by atoms with Crippen molar-refractivity contribution in [3.8, 4) is 11.5 Å². The molecule has 1 heterocycles. The van der Waals surface area contributed by atoms with Gasteiger partial charge >= 0.3 is 0 Å². The Morgan fingerprint density at radius 2 is 1.85 bits per heavy atom. The first-order valence-corrected chi connectivity index (χ1v) is 7.08. The van der Waals surface area contributed by atoms with E-state index in [1.54, 1.807) is 25.6 Å². The summed E-state index contributed by atoms with van der Waals surface area (Å²) < 4.78 is 10.9. The van der Waals surface area contributed by atoms with E-state index >= 15 is 0 Å². The molecule has 0 fully saturated rings. The van der Waals surface area contributed by atoms with Crippen LogP contribution in [0.3, 0.4) is 0 Å². The summed E-state index contributed by atoms with van der Waals surface area (Å²) in [5.74, 6) is 1.52. The SMILES string of the molecule is C=C(C)c1c(OC)cc(/C=C/c2cscn2)cc1OC. The molecule has 0 saturated carbocycles. The molecule has 104 valence electrons. The highest BCUT2D eigenvalue weighted by Gasteiger charge is 2.12. The van der Waals surface area contributed by atoms with Crippen molar-refractivity contribution in [3.05, 3.63) is 46.4 Å². The summed E-state index contributed by atoms with van der Waals surface area (Å²) in [5.41, 5.74) is 5.56. The van der Waals surface area contributed by atoms with Gasteiger partial charge in [-0.25, -0.2) is 4.98 Å². The molecule has 0 unspecified atom stereocenters. The second-order valence-corrected chi connectivity index (χ2v) is 5.05. The molecule has 20 heavy (non-hydrogen) atoms. The monoisotopic (exact) mass is 287 g/mol. The number of rotatable bonds is 5. The minimum Gasteiger partial charge on any atom is -0.496 e. The molecule has 0 aliphatic heterocycles. The third-order valence-electron chi connectivity index (χ3n) is 2.85. The van der Waals surface area contributed by atoms with Crippen LogP contribution in [0.5, 0.6) is 11.5 Å².